The van der Waals surface area contributed by atoms with Gasteiger partial charge in [-0.3, -0.25) is 0 Å². The average molecular weight is 1070 g/mol. The first-order valence-electron chi connectivity index (χ1n) is 23.7. The maximum atomic E-state index is 6.95. The van der Waals surface area contributed by atoms with E-state index in [-0.39, 0.29) is 53.6 Å². The van der Waals surface area contributed by atoms with Gasteiger partial charge in [-0.1, -0.05) is 178 Å². The van der Waals surface area contributed by atoms with E-state index in [9.17, 15) is 0 Å². The summed E-state index contributed by atoms with van der Waals surface area (Å²) in [5, 5.41) is 2.25. The van der Waals surface area contributed by atoms with E-state index < -0.39 is 0 Å². The van der Waals surface area contributed by atoms with Crippen LogP contribution in [0.5, 0.6) is 11.5 Å². The van der Waals surface area contributed by atoms with Gasteiger partial charge in [-0.25, -0.2) is 4.98 Å². The molecule has 0 aliphatic carbocycles. The summed E-state index contributed by atoms with van der Waals surface area (Å²) in [6, 6.07) is 47.1. The van der Waals surface area contributed by atoms with Gasteiger partial charge >= 0.3 is 0 Å². The van der Waals surface area contributed by atoms with E-state index in [2.05, 4.69) is 254 Å². The number of allylic oxidation sites excluding steroid dienone is 2. The third-order valence-corrected chi connectivity index (χ3v) is 13.2. The van der Waals surface area contributed by atoms with Gasteiger partial charge in [0.1, 0.15) is 5.82 Å². The van der Waals surface area contributed by atoms with Crippen LogP contribution < -0.4 is 14.5 Å². The van der Waals surface area contributed by atoms with Gasteiger partial charge in [-0.2, -0.15) is 6.07 Å². The Morgan fingerprint density at radius 3 is 1.69 bits per heavy atom. The summed E-state index contributed by atoms with van der Waals surface area (Å²) in [6.45, 7) is 41.5. The summed E-state index contributed by atoms with van der Waals surface area (Å²) < 4.78 is 9.17. The Hall–Kier alpha value is -5.12. The minimum absolute atomic E-state index is 0. The molecule has 3 heterocycles. The van der Waals surface area contributed by atoms with Crippen molar-refractivity contribution in [2.75, 3.05) is 9.80 Å². The molecule has 0 radical (unpaired) electrons. The van der Waals surface area contributed by atoms with Crippen molar-refractivity contribution < 1.29 is 25.8 Å². The van der Waals surface area contributed by atoms with Gasteiger partial charge in [0.05, 0.1) is 0 Å². The number of para-hydroxylation sites is 1. The third kappa shape index (κ3) is 9.78. The quantitative estimate of drug-likeness (QED) is 0.149. The maximum absolute atomic E-state index is 6.95. The summed E-state index contributed by atoms with van der Waals surface area (Å²) >= 11 is 0. The van der Waals surface area contributed by atoms with Crippen LogP contribution >= 0.6 is 0 Å². The summed E-state index contributed by atoms with van der Waals surface area (Å²) in [5.41, 5.74) is 11.9. The van der Waals surface area contributed by atoms with E-state index in [4.69, 9.17) is 9.72 Å². The van der Waals surface area contributed by atoms with Crippen molar-refractivity contribution in [1.82, 2.24) is 9.55 Å². The van der Waals surface area contributed by atoms with Crippen LogP contribution in [0.3, 0.4) is 0 Å². The second kappa shape index (κ2) is 17.4. The number of ether oxygens (including phenoxy) is 1. The normalized spacial score (nSPS) is 14.3. The van der Waals surface area contributed by atoms with Crippen molar-refractivity contribution >= 4 is 33.2 Å². The molecule has 1 aliphatic rings. The number of pyridine rings is 1. The predicted octanol–water partition coefficient (Wildman–Crippen LogP) is 16.5. The van der Waals surface area contributed by atoms with Gasteiger partial charge in [0.25, 0.3) is 0 Å². The van der Waals surface area contributed by atoms with E-state index >= 15 is 0 Å². The number of hydrogen-bond acceptors (Lipinski definition) is 4. The van der Waals surface area contributed by atoms with E-state index in [1.807, 2.05) is 12.3 Å². The molecule has 0 bridgehead atoms. The predicted molar refractivity (Wildman–Crippen MR) is 279 cm³/mol. The topological polar surface area (TPSA) is 33.5 Å². The molecule has 0 unspecified atom stereocenters. The molecule has 354 valence electrons. The molecular formula is C61H71N4OPt-3. The number of fused-ring (bicyclic) bond motifs is 3. The molecule has 0 N–H and O–H groups in total. The monoisotopic (exact) mass is 1070 g/mol. The van der Waals surface area contributed by atoms with Gasteiger partial charge in [-0.15, -0.1) is 53.6 Å². The molecule has 2 aromatic heterocycles. The van der Waals surface area contributed by atoms with E-state index in [0.29, 0.717) is 11.5 Å². The van der Waals surface area contributed by atoms with Crippen molar-refractivity contribution in [2.45, 2.75) is 139 Å². The summed E-state index contributed by atoms with van der Waals surface area (Å²) in [4.78, 5) is 9.75. The van der Waals surface area contributed by atoms with Gasteiger partial charge in [0, 0.05) is 77.6 Å². The first-order valence-corrected chi connectivity index (χ1v) is 23.7. The second-order valence-electron chi connectivity index (χ2n) is 24.1. The number of hydrogen-bond donors (Lipinski definition) is 0. The number of nitrogens with zero attached hydrogens (tertiary/aromatic N) is 4. The Bertz CT molecular complexity index is 2970. The molecule has 0 saturated heterocycles. The summed E-state index contributed by atoms with van der Waals surface area (Å²) in [5.74, 6) is 2.12. The average Bonchev–Trinajstić information content (AvgIpc) is 3.81. The number of benzene rings is 5. The molecule has 5 nitrogen and oxygen atoms in total. The van der Waals surface area contributed by atoms with Gasteiger partial charge in [-0.05, 0) is 74.2 Å². The van der Waals surface area contributed by atoms with Crippen LogP contribution in [0.15, 0.2) is 127 Å². The Morgan fingerprint density at radius 1 is 0.478 bits per heavy atom. The van der Waals surface area contributed by atoms with Crippen LogP contribution in [0.1, 0.15) is 146 Å². The van der Waals surface area contributed by atoms with Crippen LogP contribution in [0, 0.1) is 29.6 Å². The molecule has 0 atom stereocenters. The molecule has 1 aliphatic heterocycles. The van der Waals surface area contributed by atoms with Crippen molar-refractivity contribution in [3.8, 4) is 17.3 Å². The van der Waals surface area contributed by atoms with E-state index in [1.165, 1.54) is 33.6 Å². The van der Waals surface area contributed by atoms with Gasteiger partial charge in [0.2, 0.25) is 0 Å². The number of anilines is 2. The Balaban J connectivity index is 0.00000666. The third-order valence-electron chi connectivity index (χ3n) is 13.2. The van der Waals surface area contributed by atoms with Crippen LogP contribution in [0.4, 0.5) is 11.4 Å². The molecule has 7 aromatic rings. The van der Waals surface area contributed by atoms with Crippen LogP contribution in [-0.4, -0.2) is 9.55 Å². The molecule has 67 heavy (non-hydrogen) atoms. The van der Waals surface area contributed by atoms with Gasteiger partial charge in [0.15, 0.2) is 0 Å². The number of aromatic nitrogens is 2. The van der Waals surface area contributed by atoms with Crippen molar-refractivity contribution in [1.29, 1.82) is 0 Å². The zero-order chi connectivity index (χ0) is 47.9. The molecule has 0 saturated carbocycles. The number of rotatable bonds is 7. The van der Waals surface area contributed by atoms with Gasteiger partial charge < -0.3 is 19.1 Å². The SMILES string of the molecule is CC(C)(C)C1=C(C(C)(C)C)N(c2cc(C(C)(C)C)cc(C(C)(C)c3ccccc3)c2)[CH-]N1c1[c-]c(Oc2[c-]c3c(cc2)c2ccccc2n3-c2cc(C(C)(C)C)ccn2)cc(C(C)(C)C)c1.[Pt]. The van der Waals surface area contributed by atoms with Crippen LogP contribution in [0.25, 0.3) is 27.6 Å². The summed E-state index contributed by atoms with van der Waals surface area (Å²) in [7, 11) is 0. The molecule has 5 aromatic carbocycles. The summed E-state index contributed by atoms with van der Waals surface area (Å²) in [6.07, 6.45) is 1.92. The fourth-order valence-electron chi connectivity index (χ4n) is 9.28. The van der Waals surface area contributed by atoms with E-state index in [1.54, 1.807) is 0 Å². The Morgan fingerprint density at radius 2 is 1.06 bits per heavy atom. The zero-order valence-corrected chi connectivity index (χ0v) is 45.3. The minimum atomic E-state index is -0.237. The van der Waals surface area contributed by atoms with Crippen molar-refractivity contribution in [3.05, 3.63) is 173 Å². The largest absolute Gasteiger partial charge is 0.509 e. The van der Waals surface area contributed by atoms with E-state index in [0.717, 1.165) is 44.6 Å². The second-order valence-corrected chi connectivity index (χ2v) is 24.1. The minimum Gasteiger partial charge on any atom is -0.509 e. The maximum Gasteiger partial charge on any atom is 0.135 e. The fraction of sp³-hybridized carbons (Fsp3) is 0.377. The molecule has 0 fully saturated rings. The molecule has 0 amide bonds. The molecule has 0 spiro atoms. The smallest absolute Gasteiger partial charge is 0.135 e. The first kappa shape index (κ1) is 49.8. The van der Waals surface area contributed by atoms with Crippen molar-refractivity contribution in [3.63, 3.8) is 0 Å². The molecule has 8 rings (SSSR count). The first-order chi connectivity index (χ1) is 30.6. The Kier molecular flexibility index (Phi) is 13.0. The van der Waals surface area contributed by atoms with Crippen LogP contribution in [0.2, 0.25) is 0 Å². The molecular weight excluding hydrogens is 1000 g/mol. The zero-order valence-electron chi connectivity index (χ0n) is 43.1. The van der Waals surface area contributed by atoms with Crippen LogP contribution in [-0.2, 0) is 42.7 Å². The molecule has 6 heteroatoms. The Labute approximate surface area is 416 Å². The standard InChI is InChI=1S/C61H71N4O.Pt/c1-56(2,3)41-29-30-62-53(36-41)65-51-26-22-21-25-49(51)50-28-27-47(38-52(50)65)66-48-35-43(58(7,8)9)33-46(37-48)64-39-63(54(59(10,11)12)55(64)60(13,14)15)45-32-42(57(4,5)6)31-44(34-45)61(16,17)40-23-19-18-20-24-40;/h18-36,39H,1-17H3;/q-3;. The van der Waals surface area contributed by atoms with Crippen molar-refractivity contribution in [2.24, 2.45) is 10.8 Å². The fourth-order valence-corrected chi connectivity index (χ4v) is 9.28.